The van der Waals surface area contributed by atoms with Crippen LogP contribution in [0.5, 0.6) is 11.5 Å². The molecule has 0 radical (unpaired) electrons. The van der Waals surface area contributed by atoms with Crippen LogP contribution in [0.25, 0.3) is 0 Å². The number of ether oxygens (including phenoxy) is 3. The SMILES string of the molecule is CC1Oc2ccccc2OC1C(=O)OCC(=O)NCCCc1ccccc1. The summed E-state index contributed by atoms with van der Waals surface area (Å²) in [5.74, 6) is 0.130. The summed E-state index contributed by atoms with van der Waals surface area (Å²) in [6.07, 6.45) is 0.300. The molecular formula is C21H23NO5. The Morgan fingerprint density at radius 1 is 1.00 bits per heavy atom. The molecule has 2 unspecified atom stereocenters. The molecule has 0 saturated heterocycles. The van der Waals surface area contributed by atoms with Gasteiger partial charge in [0, 0.05) is 6.54 Å². The van der Waals surface area contributed by atoms with Crippen LogP contribution in [0.15, 0.2) is 54.6 Å². The first-order valence-electron chi connectivity index (χ1n) is 9.03. The van der Waals surface area contributed by atoms with E-state index >= 15 is 0 Å². The van der Waals surface area contributed by atoms with Crippen molar-refractivity contribution in [2.45, 2.75) is 32.0 Å². The minimum absolute atomic E-state index is 0.332. The van der Waals surface area contributed by atoms with Crippen molar-refractivity contribution in [3.63, 3.8) is 0 Å². The Balaban J connectivity index is 1.38. The Kier molecular flexibility index (Phi) is 6.30. The number of carbonyl (C=O) groups excluding carboxylic acids is 2. The zero-order chi connectivity index (χ0) is 19.1. The van der Waals surface area contributed by atoms with E-state index in [1.165, 1.54) is 5.56 Å². The van der Waals surface area contributed by atoms with Crippen LogP contribution in [0.1, 0.15) is 18.9 Å². The fourth-order valence-corrected chi connectivity index (χ4v) is 2.81. The van der Waals surface area contributed by atoms with Crippen LogP contribution in [0.2, 0.25) is 0 Å². The minimum Gasteiger partial charge on any atom is -0.482 e. The molecule has 0 saturated carbocycles. The molecule has 2 aromatic rings. The average molecular weight is 369 g/mol. The van der Waals surface area contributed by atoms with E-state index in [1.54, 1.807) is 25.1 Å². The minimum atomic E-state index is -0.897. The number of amides is 1. The van der Waals surface area contributed by atoms with Gasteiger partial charge in [0.1, 0.15) is 6.10 Å². The van der Waals surface area contributed by atoms with Gasteiger partial charge in [-0.05, 0) is 37.5 Å². The first kappa shape index (κ1) is 18.8. The molecule has 1 aliphatic rings. The van der Waals surface area contributed by atoms with Gasteiger partial charge < -0.3 is 19.5 Å². The number of hydrogen-bond donors (Lipinski definition) is 1. The van der Waals surface area contributed by atoms with E-state index in [0.717, 1.165) is 12.8 Å². The number of carbonyl (C=O) groups is 2. The second kappa shape index (κ2) is 9.07. The van der Waals surface area contributed by atoms with Gasteiger partial charge in [0.05, 0.1) is 0 Å². The number of para-hydroxylation sites is 2. The lowest BCUT2D eigenvalue weighted by Gasteiger charge is -2.30. The standard InChI is InChI=1S/C21H23NO5/c1-15-20(27-18-12-6-5-11-17(18)26-15)21(24)25-14-19(23)22-13-7-10-16-8-3-2-4-9-16/h2-6,8-9,11-12,15,20H,7,10,13-14H2,1H3,(H,22,23). The zero-order valence-electron chi connectivity index (χ0n) is 15.2. The summed E-state index contributed by atoms with van der Waals surface area (Å²) in [5, 5.41) is 2.75. The molecule has 1 heterocycles. The summed E-state index contributed by atoms with van der Waals surface area (Å²) in [7, 11) is 0. The Labute approximate surface area is 158 Å². The van der Waals surface area contributed by atoms with Crippen molar-refractivity contribution in [3.8, 4) is 11.5 Å². The lowest BCUT2D eigenvalue weighted by atomic mass is 10.1. The van der Waals surface area contributed by atoms with Crippen LogP contribution >= 0.6 is 0 Å². The van der Waals surface area contributed by atoms with Gasteiger partial charge in [-0.1, -0.05) is 42.5 Å². The fraction of sp³-hybridized carbons (Fsp3) is 0.333. The van der Waals surface area contributed by atoms with Crippen molar-refractivity contribution in [1.29, 1.82) is 0 Å². The Bertz CT molecular complexity index is 777. The van der Waals surface area contributed by atoms with E-state index in [2.05, 4.69) is 17.4 Å². The van der Waals surface area contributed by atoms with Gasteiger partial charge >= 0.3 is 5.97 Å². The van der Waals surface area contributed by atoms with E-state index in [9.17, 15) is 9.59 Å². The molecule has 2 aromatic carbocycles. The molecule has 27 heavy (non-hydrogen) atoms. The molecule has 0 aromatic heterocycles. The number of fused-ring (bicyclic) bond motifs is 1. The van der Waals surface area contributed by atoms with Crippen molar-refractivity contribution in [3.05, 3.63) is 60.2 Å². The monoisotopic (exact) mass is 369 g/mol. The molecule has 1 aliphatic heterocycles. The molecule has 0 aliphatic carbocycles. The maximum Gasteiger partial charge on any atom is 0.351 e. The van der Waals surface area contributed by atoms with Crippen LogP contribution < -0.4 is 14.8 Å². The van der Waals surface area contributed by atoms with Crippen molar-refractivity contribution in [2.24, 2.45) is 0 Å². The summed E-state index contributed by atoms with van der Waals surface area (Å²) in [6.45, 7) is 1.92. The number of hydrogen-bond acceptors (Lipinski definition) is 5. The largest absolute Gasteiger partial charge is 0.482 e. The van der Waals surface area contributed by atoms with E-state index in [-0.39, 0.29) is 12.5 Å². The quantitative estimate of drug-likeness (QED) is 0.600. The predicted molar refractivity (Wildman–Crippen MR) is 99.7 cm³/mol. The molecular weight excluding hydrogens is 346 g/mol. The van der Waals surface area contributed by atoms with Gasteiger partial charge in [-0.15, -0.1) is 0 Å². The highest BCUT2D eigenvalue weighted by Crippen LogP contribution is 2.33. The average Bonchev–Trinajstić information content (AvgIpc) is 2.69. The molecule has 142 valence electrons. The number of esters is 1. The molecule has 1 amide bonds. The van der Waals surface area contributed by atoms with Gasteiger partial charge in [-0.3, -0.25) is 4.79 Å². The lowest BCUT2D eigenvalue weighted by Crippen LogP contribution is -2.45. The van der Waals surface area contributed by atoms with Crippen LogP contribution in [0.3, 0.4) is 0 Å². The molecule has 0 spiro atoms. The summed E-state index contributed by atoms with van der Waals surface area (Å²) >= 11 is 0. The maximum absolute atomic E-state index is 12.2. The van der Waals surface area contributed by atoms with Gasteiger partial charge in [0.25, 0.3) is 5.91 Å². The molecule has 0 bridgehead atoms. The second-order valence-corrected chi connectivity index (χ2v) is 6.35. The Morgan fingerprint density at radius 3 is 2.41 bits per heavy atom. The molecule has 2 atom stereocenters. The number of benzene rings is 2. The lowest BCUT2D eigenvalue weighted by molar-refractivity contribution is -0.160. The summed E-state index contributed by atoms with van der Waals surface area (Å²) in [6, 6.07) is 17.2. The normalized spacial score (nSPS) is 17.8. The third-order valence-corrected chi connectivity index (χ3v) is 4.23. The number of rotatable bonds is 7. The van der Waals surface area contributed by atoms with Gasteiger partial charge in [-0.25, -0.2) is 4.79 Å². The fourth-order valence-electron chi connectivity index (χ4n) is 2.81. The van der Waals surface area contributed by atoms with Crippen LogP contribution in [0.4, 0.5) is 0 Å². The third-order valence-electron chi connectivity index (χ3n) is 4.23. The number of aryl methyl sites for hydroxylation is 1. The van der Waals surface area contributed by atoms with Crippen LogP contribution in [-0.4, -0.2) is 37.2 Å². The molecule has 1 N–H and O–H groups in total. The van der Waals surface area contributed by atoms with Crippen molar-refractivity contribution in [2.75, 3.05) is 13.2 Å². The predicted octanol–water partition coefficient (Wildman–Crippen LogP) is 2.51. The smallest absolute Gasteiger partial charge is 0.351 e. The first-order valence-corrected chi connectivity index (χ1v) is 9.03. The van der Waals surface area contributed by atoms with E-state index < -0.39 is 18.2 Å². The molecule has 6 heteroatoms. The molecule has 6 nitrogen and oxygen atoms in total. The van der Waals surface area contributed by atoms with Gasteiger partial charge in [0.2, 0.25) is 6.10 Å². The maximum atomic E-state index is 12.2. The summed E-state index contributed by atoms with van der Waals surface area (Å²) < 4.78 is 16.4. The highest BCUT2D eigenvalue weighted by Gasteiger charge is 2.35. The van der Waals surface area contributed by atoms with Gasteiger partial charge in [-0.2, -0.15) is 0 Å². The van der Waals surface area contributed by atoms with Crippen LogP contribution in [-0.2, 0) is 20.7 Å². The highest BCUT2D eigenvalue weighted by molar-refractivity contribution is 5.82. The molecule has 0 fully saturated rings. The van der Waals surface area contributed by atoms with Crippen molar-refractivity contribution in [1.82, 2.24) is 5.32 Å². The van der Waals surface area contributed by atoms with Crippen molar-refractivity contribution >= 4 is 11.9 Å². The van der Waals surface area contributed by atoms with Crippen molar-refractivity contribution < 1.29 is 23.8 Å². The number of nitrogens with one attached hydrogen (secondary N) is 1. The topological polar surface area (TPSA) is 73.9 Å². The summed E-state index contributed by atoms with van der Waals surface area (Å²) in [4.78, 5) is 24.1. The highest BCUT2D eigenvalue weighted by atomic mass is 16.6. The third kappa shape index (κ3) is 5.23. The summed E-state index contributed by atoms with van der Waals surface area (Å²) in [5.41, 5.74) is 1.22. The second-order valence-electron chi connectivity index (χ2n) is 6.35. The Morgan fingerprint density at radius 2 is 1.67 bits per heavy atom. The molecule has 3 rings (SSSR count). The van der Waals surface area contributed by atoms with E-state index in [1.807, 2.05) is 24.3 Å². The zero-order valence-corrected chi connectivity index (χ0v) is 15.2. The van der Waals surface area contributed by atoms with Crippen LogP contribution in [0, 0.1) is 0 Å². The van der Waals surface area contributed by atoms with E-state index in [0.29, 0.717) is 18.0 Å². The van der Waals surface area contributed by atoms with Gasteiger partial charge in [0.15, 0.2) is 18.1 Å². The Hall–Kier alpha value is -3.02. The van der Waals surface area contributed by atoms with E-state index in [4.69, 9.17) is 14.2 Å². The first-order chi connectivity index (χ1) is 13.1.